The molecule has 0 aromatic heterocycles. The predicted molar refractivity (Wildman–Crippen MR) is 92.6 cm³/mol. The second-order valence-corrected chi connectivity index (χ2v) is 6.11. The summed E-state index contributed by atoms with van der Waals surface area (Å²) in [5, 5.41) is 0. The molecule has 1 aliphatic heterocycles. The van der Waals surface area contributed by atoms with E-state index in [9.17, 15) is 0 Å². The van der Waals surface area contributed by atoms with Crippen LogP contribution in [-0.2, 0) is 6.54 Å². The SMILES string of the molecule is C=CC[C@@H](N)[C@@H]1[C@H](c2ccccc2)CN1Cc1ccccc1. The summed E-state index contributed by atoms with van der Waals surface area (Å²) in [6, 6.07) is 21.9. The van der Waals surface area contributed by atoms with E-state index >= 15 is 0 Å². The van der Waals surface area contributed by atoms with Crippen LogP contribution < -0.4 is 5.73 Å². The number of hydrogen-bond acceptors (Lipinski definition) is 2. The van der Waals surface area contributed by atoms with Gasteiger partial charge in [0.15, 0.2) is 0 Å². The fourth-order valence-electron chi connectivity index (χ4n) is 3.49. The van der Waals surface area contributed by atoms with Crippen LogP contribution in [0.3, 0.4) is 0 Å². The highest BCUT2D eigenvalue weighted by atomic mass is 15.2. The smallest absolute Gasteiger partial charge is 0.0334 e. The normalized spacial score (nSPS) is 22.8. The van der Waals surface area contributed by atoms with E-state index in [1.807, 2.05) is 6.08 Å². The molecular weight excluding hydrogens is 268 g/mol. The van der Waals surface area contributed by atoms with Gasteiger partial charge in [-0.05, 0) is 17.5 Å². The predicted octanol–water partition coefficient (Wildman–Crippen LogP) is 3.56. The van der Waals surface area contributed by atoms with E-state index in [1.54, 1.807) is 0 Å². The van der Waals surface area contributed by atoms with Crippen molar-refractivity contribution in [1.29, 1.82) is 0 Å². The summed E-state index contributed by atoms with van der Waals surface area (Å²) in [5.41, 5.74) is 9.20. The molecule has 2 nitrogen and oxygen atoms in total. The molecule has 2 aromatic rings. The lowest BCUT2D eigenvalue weighted by molar-refractivity contribution is 0.0333. The van der Waals surface area contributed by atoms with E-state index < -0.39 is 0 Å². The van der Waals surface area contributed by atoms with Crippen LogP contribution in [-0.4, -0.2) is 23.5 Å². The quantitative estimate of drug-likeness (QED) is 0.825. The van der Waals surface area contributed by atoms with Gasteiger partial charge in [0.2, 0.25) is 0 Å². The maximum absolute atomic E-state index is 6.45. The van der Waals surface area contributed by atoms with Gasteiger partial charge in [-0.1, -0.05) is 66.7 Å². The minimum atomic E-state index is 0.139. The molecule has 114 valence electrons. The number of rotatable bonds is 6. The van der Waals surface area contributed by atoms with Gasteiger partial charge < -0.3 is 5.73 Å². The van der Waals surface area contributed by atoms with Gasteiger partial charge in [0.1, 0.15) is 0 Å². The monoisotopic (exact) mass is 292 g/mol. The number of nitrogens with two attached hydrogens (primary N) is 1. The van der Waals surface area contributed by atoms with Crippen LogP contribution in [0.4, 0.5) is 0 Å². The molecule has 0 radical (unpaired) electrons. The Kier molecular flexibility index (Phi) is 4.71. The summed E-state index contributed by atoms with van der Waals surface area (Å²) in [6.45, 7) is 5.90. The first-order valence-electron chi connectivity index (χ1n) is 7.99. The van der Waals surface area contributed by atoms with Crippen LogP contribution in [0.25, 0.3) is 0 Å². The molecule has 2 aromatic carbocycles. The van der Waals surface area contributed by atoms with E-state index in [0.717, 1.165) is 19.5 Å². The third-order valence-electron chi connectivity index (χ3n) is 4.60. The minimum Gasteiger partial charge on any atom is -0.326 e. The van der Waals surface area contributed by atoms with Crippen molar-refractivity contribution < 1.29 is 0 Å². The Hall–Kier alpha value is -1.90. The zero-order valence-corrected chi connectivity index (χ0v) is 12.9. The number of benzene rings is 2. The van der Waals surface area contributed by atoms with Crippen LogP contribution in [0.2, 0.25) is 0 Å². The second kappa shape index (κ2) is 6.91. The first kappa shape index (κ1) is 15.0. The Morgan fingerprint density at radius 2 is 1.73 bits per heavy atom. The lowest BCUT2D eigenvalue weighted by Gasteiger charge is -2.51. The molecule has 22 heavy (non-hydrogen) atoms. The van der Waals surface area contributed by atoms with Gasteiger partial charge in [-0.2, -0.15) is 0 Å². The molecule has 0 aliphatic carbocycles. The maximum Gasteiger partial charge on any atom is 0.0334 e. The van der Waals surface area contributed by atoms with Gasteiger partial charge in [0, 0.05) is 31.1 Å². The average Bonchev–Trinajstić information content (AvgIpc) is 2.53. The van der Waals surface area contributed by atoms with Crippen molar-refractivity contribution in [2.75, 3.05) is 6.54 Å². The highest BCUT2D eigenvalue weighted by Gasteiger charge is 2.42. The molecule has 0 saturated carbocycles. The van der Waals surface area contributed by atoms with E-state index in [0.29, 0.717) is 12.0 Å². The molecule has 2 N–H and O–H groups in total. The highest BCUT2D eigenvalue weighted by molar-refractivity contribution is 5.27. The van der Waals surface area contributed by atoms with Gasteiger partial charge in [-0.25, -0.2) is 0 Å². The lowest BCUT2D eigenvalue weighted by Crippen LogP contribution is -2.61. The van der Waals surface area contributed by atoms with Crippen molar-refractivity contribution in [2.45, 2.75) is 31.0 Å². The highest BCUT2D eigenvalue weighted by Crippen LogP contribution is 2.37. The molecule has 1 aliphatic rings. The van der Waals surface area contributed by atoms with E-state index in [-0.39, 0.29) is 6.04 Å². The van der Waals surface area contributed by atoms with E-state index in [2.05, 4.69) is 72.1 Å². The topological polar surface area (TPSA) is 29.3 Å². The molecule has 0 unspecified atom stereocenters. The third kappa shape index (κ3) is 3.13. The van der Waals surface area contributed by atoms with Crippen molar-refractivity contribution in [3.63, 3.8) is 0 Å². The third-order valence-corrected chi connectivity index (χ3v) is 4.60. The van der Waals surface area contributed by atoms with Crippen LogP contribution in [0.5, 0.6) is 0 Å². The Balaban J connectivity index is 1.76. The second-order valence-electron chi connectivity index (χ2n) is 6.11. The number of nitrogens with zero attached hydrogens (tertiary/aromatic N) is 1. The van der Waals surface area contributed by atoms with Crippen molar-refractivity contribution in [3.05, 3.63) is 84.4 Å². The summed E-state index contributed by atoms with van der Waals surface area (Å²) in [6.07, 6.45) is 2.80. The molecule has 1 heterocycles. The Morgan fingerprint density at radius 3 is 2.36 bits per heavy atom. The Bertz CT molecular complexity index is 594. The van der Waals surface area contributed by atoms with E-state index in [1.165, 1.54) is 11.1 Å². The molecule has 1 saturated heterocycles. The van der Waals surface area contributed by atoms with Crippen LogP contribution >= 0.6 is 0 Å². The zero-order chi connectivity index (χ0) is 15.4. The Labute approximate surface area is 133 Å². The fraction of sp³-hybridized carbons (Fsp3) is 0.300. The van der Waals surface area contributed by atoms with Gasteiger partial charge >= 0.3 is 0 Å². The first-order chi connectivity index (χ1) is 10.8. The largest absolute Gasteiger partial charge is 0.326 e. The molecular formula is C20H24N2. The van der Waals surface area contributed by atoms with Gasteiger partial charge in [-0.3, -0.25) is 4.90 Å². The maximum atomic E-state index is 6.45. The molecule has 1 fully saturated rings. The average molecular weight is 292 g/mol. The zero-order valence-electron chi connectivity index (χ0n) is 12.9. The number of hydrogen-bond donors (Lipinski definition) is 1. The minimum absolute atomic E-state index is 0.139. The fourth-order valence-corrected chi connectivity index (χ4v) is 3.49. The Morgan fingerprint density at radius 1 is 1.09 bits per heavy atom. The van der Waals surface area contributed by atoms with Gasteiger partial charge in [0.25, 0.3) is 0 Å². The molecule has 0 spiro atoms. The molecule has 3 atom stereocenters. The number of likely N-dealkylation sites (tertiary alicyclic amines) is 1. The molecule has 0 bridgehead atoms. The van der Waals surface area contributed by atoms with Crippen molar-refractivity contribution >= 4 is 0 Å². The molecule has 3 rings (SSSR count). The summed E-state index contributed by atoms with van der Waals surface area (Å²) < 4.78 is 0. The van der Waals surface area contributed by atoms with Crippen LogP contribution in [0, 0.1) is 0 Å². The van der Waals surface area contributed by atoms with Gasteiger partial charge in [-0.15, -0.1) is 6.58 Å². The summed E-state index contributed by atoms with van der Waals surface area (Å²) in [4.78, 5) is 2.50. The van der Waals surface area contributed by atoms with E-state index in [4.69, 9.17) is 5.73 Å². The van der Waals surface area contributed by atoms with Crippen molar-refractivity contribution in [1.82, 2.24) is 4.90 Å². The van der Waals surface area contributed by atoms with Crippen LogP contribution in [0.15, 0.2) is 73.3 Å². The standard InChI is InChI=1S/C20H24N2/c1-2-9-19(21)20-18(17-12-7-4-8-13-17)15-22(20)14-16-10-5-3-6-11-16/h2-8,10-13,18-20H,1,9,14-15,21H2/t18-,19+,20-/m0/s1. The van der Waals surface area contributed by atoms with Crippen LogP contribution in [0.1, 0.15) is 23.5 Å². The molecule has 0 amide bonds. The molecule has 2 heteroatoms. The first-order valence-corrected chi connectivity index (χ1v) is 7.99. The van der Waals surface area contributed by atoms with Gasteiger partial charge in [0.05, 0.1) is 0 Å². The summed E-state index contributed by atoms with van der Waals surface area (Å²) in [5.74, 6) is 0.528. The van der Waals surface area contributed by atoms with Crippen molar-refractivity contribution in [2.24, 2.45) is 5.73 Å². The summed E-state index contributed by atoms with van der Waals surface area (Å²) in [7, 11) is 0. The lowest BCUT2D eigenvalue weighted by atomic mass is 9.77. The van der Waals surface area contributed by atoms with Crippen molar-refractivity contribution in [3.8, 4) is 0 Å². The summed E-state index contributed by atoms with van der Waals surface area (Å²) >= 11 is 0.